The Kier molecular flexibility index (Phi) is 5.13. The standard InChI is InChI=1S/C26H30N2/c1-5-20(6-2)27(19(3)4)24-17-12-18-25-26(24)22-15-10-11-16-23(22)28(25)21-13-8-7-9-14-21/h7-20H,5-6H2,1-4H3. The van der Waals surface area contributed by atoms with Crippen LogP contribution in [-0.2, 0) is 0 Å². The lowest BCUT2D eigenvalue weighted by Crippen LogP contribution is -2.40. The van der Waals surface area contributed by atoms with E-state index >= 15 is 0 Å². The van der Waals surface area contributed by atoms with Crippen LogP contribution in [0.25, 0.3) is 27.5 Å². The molecule has 4 rings (SSSR count). The fraction of sp³-hybridized carbons (Fsp3) is 0.308. The van der Waals surface area contributed by atoms with Crippen LogP contribution in [0.4, 0.5) is 5.69 Å². The molecule has 144 valence electrons. The number of hydrogen-bond acceptors (Lipinski definition) is 1. The Balaban J connectivity index is 2.09. The molecule has 0 aliphatic carbocycles. The molecular weight excluding hydrogens is 340 g/mol. The molecule has 3 aromatic carbocycles. The molecule has 0 aliphatic rings. The van der Waals surface area contributed by atoms with Crippen LogP contribution >= 0.6 is 0 Å². The molecule has 1 aromatic heterocycles. The summed E-state index contributed by atoms with van der Waals surface area (Å²) in [4.78, 5) is 2.63. The zero-order valence-electron chi connectivity index (χ0n) is 17.4. The van der Waals surface area contributed by atoms with Crippen molar-refractivity contribution in [2.24, 2.45) is 0 Å². The minimum Gasteiger partial charge on any atom is -0.366 e. The third-order valence-electron chi connectivity index (χ3n) is 5.86. The molecule has 0 saturated carbocycles. The van der Waals surface area contributed by atoms with E-state index in [1.165, 1.54) is 33.2 Å². The molecule has 4 aromatic rings. The molecule has 0 N–H and O–H groups in total. The van der Waals surface area contributed by atoms with Crippen LogP contribution < -0.4 is 4.90 Å². The molecule has 28 heavy (non-hydrogen) atoms. The highest BCUT2D eigenvalue weighted by molar-refractivity contribution is 6.15. The predicted octanol–water partition coefficient (Wildman–Crippen LogP) is 7.19. The van der Waals surface area contributed by atoms with Crippen molar-refractivity contribution in [1.82, 2.24) is 4.57 Å². The van der Waals surface area contributed by atoms with Crippen molar-refractivity contribution < 1.29 is 0 Å². The summed E-state index contributed by atoms with van der Waals surface area (Å²) in [6, 6.07) is 27.3. The molecule has 0 aliphatic heterocycles. The lowest BCUT2D eigenvalue weighted by molar-refractivity contribution is 0.517. The highest BCUT2D eigenvalue weighted by Crippen LogP contribution is 2.39. The molecule has 0 amide bonds. The Morgan fingerprint density at radius 1 is 0.750 bits per heavy atom. The van der Waals surface area contributed by atoms with E-state index in [2.05, 4.69) is 110 Å². The first-order valence-electron chi connectivity index (χ1n) is 10.5. The van der Waals surface area contributed by atoms with Crippen LogP contribution in [-0.4, -0.2) is 16.7 Å². The zero-order valence-corrected chi connectivity index (χ0v) is 17.4. The fourth-order valence-electron chi connectivity index (χ4n) is 4.65. The Bertz CT molecular complexity index is 1070. The normalized spacial score (nSPS) is 11.8. The van der Waals surface area contributed by atoms with Gasteiger partial charge in [0.2, 0.25) is 0 Å². The summed E-state index contributed by atoms with van der Waals surface area (Å²) in [6.07, 6.45) is 2.31. The van der Waals surface area contributed by atoms with Gasteiger partial charge in [-0.1, -0.05) is 56.3 Å². The fourth-order valence-corrected chi connectivity index (χ4v) is 4.65. The second-order valence-corrected chi connectivity index (χ2v) is 7.83. The number of benzene rings is 3. The maximum Gasteiger partial charge on any atom is 0.0561 e. The molecule has 0 saturated heterocycles. The molecule has 1 heterocycles. The lowest BCUT2D eigenvalue weighted by Gasteiger charge is -2.37. The molecule has 2 nitrogen and oxygen atoms in total. The van der Waals surface area contributed by atoms with E-state index in [1.54, 1.807) is 0 Å². The average Bonchev–Trinajstić information content (AvgIpc) is 3.07. The SMILES string of the molecule is CCC(CC)N(c1cccc2c1c1ccccc1n2-c1ccccc1)C(C)C. The number of aromatic nitrogens is 1. The summed E-state index contributed by atoms with van der Waals surface area (Å²) in [6.45, 7) is 9.23. The van der Waals surface area contributed by atoms with Gasteiger partial charge in [-0.3, -0.25) is 0 Å². The third kappa shape index (κ3) is 2.97. The Hall–Kier alpha value is -2.74. The molecule has 0 spiro atoms. The number of rotatable bonds is 6. The summed E-state index contributed by atoms with van der Waals surface area (Å²) >= 11 is 0. The monoisotopic (exact) mass is 370 g/mol. The number of anilines is 1. The summed E-state index contributed by atoms with van der Waals surface area (Å²) in [5, 5.41) is 2.69. The summed E-state index contributed by atoms with van der Waals surface area (Å²) in [5.74, 6) is 0. The molecule has 0 atom stereocenters. The maximum atomic E-state index is 2.63. The van der Waals surface area contributed by atoms with Gasteiger partial charge in [0, 0.05) is 34.2 Å². The van der Waals surface area contributed by atoms with E-state index in [0.29, 0.717) is 12.1 Å². The topological polar surface area (TPSA) is 8.17 Å². The highest BCUT2D eigenvalue weighted by Gasteiger charge is 2.23. The second-order valence-electron chi connectivity index (χ2n) is 7.83. The average molecular weight is 371 g/mol. The smallest absolute Gasteiger partial charge is 0.0561 e. The molecular formula is C26H30N2. The number of para-hydroxylation sites is 2. The van der Waals surface area contributed by atoms with Gasteiger partial charge >= 0.3 is 0 Å². The van der Waals surface area contributed by atoms with Crippen molar-refractivity contribution in [3.63, 3.8) is 0 Å². The molecule has 2 heteroatoms. The zero-order chi connectivity index (χ0) is 19.7. The van der Waals surface area contributed by atoms with E-state index in [-0.39, 0.29) is 0 Å². The van der Waals surface area contributed by atoms with Gasteiger partial charge in [0.05, 0.1) is 11.0 Å². The first kappa shape index (κ1) is 18.6. The van der Waals surface area contributed by atoms with Gasteiger partial charge in [-0.25, -0.2) is 0 Å². The molecule has 0 unspecified atom stereocenters. The Labute approximate surface area is 168 Å². The van der Waals surface area contributed by atoms with Gasteiger partial charge in [0.15, 0.2) is 0 Å². The predicted molar refractivity (Wildman–Crippen MR) is 123 cm³/mol. The van der Waals surface area contributed by atoms with Gasteiger partial charge in [-0.2, -0.15) is 0 Å². The Morgan fingerprint density at radius 2 is 1.39 bits per heavy atom. The van der Waals surface area contributed by atoms with Gasteiger partial charge in [-0.05, 0) is 57.0 Å². The second kappa shape index (κ2) is 7.71. The Morgan fingerprint density at radius 3 is 2.07 bits per heavy atom. The molecule has 0 fully saturated rings. The van der Waals surface area contributed by atoms with Gasteiger partial charge in [-0.15, -0.1) is 0 Å². The van der Waals surface area contributed by atoms with Crippen LogP contribution in [0, 0.1) is 0 Å². The van der Waals surface area contributed by atoms with E-state index in [0.717, 1.165) is 12.8 Å². The van der Waals surface area contributed by atoms with Crippen LogP contribution in [0.1, 0.15) is 40.5 Å². The van der Waals surface area contributed by atoms with Crippen molar-refractivity contribution in [3.05, 3.63) is 72.8 Å². The van der Waals surface area contributed by atoms with Crippen molar-refractivity contribution in [2.45, 2.75) is 52.6 Å². The molecule has 0 bridgehead atoms. The first-order valence-corrected chi connectivity index (χ1v) is 10.5. The van der Waals surface area contributed by atoms with Crippen molar-refractivity contribution in [3.8, 4) is 5.69 Å². The highest BCUT2D eigenvalue weighted by atomic mass is 15.2. The van der Waals surface area contributed by atoms with Crippen molar-refractivity contribution in [2.75, 3.05) is 4.90 Å². The van der Waals surface area contributed by atoms with Crippen molar-refractivity contribution >= 4 is 27.5 Å². The van der Waals surface area contributed by atoms with Crippen LogP contribution in [0.3, 0.4) is 0 Å². The number of hydrogen-bond donors (Lipinski definition) is 0. The van der Waals surface area contributed by atoms with E-state index < -0.39 is 0 Å². The van der Waals surface area contributed by atoms with Crippen LogP contribution in [0.15, 0.2) is 72.8 Å². The van der Waals surface area contributed by atoms with Gasteiger partial charge in [0.1, 0.15) is 0 Å². The third-order valence-corrected chi connectivity index (χ3v) is 5.86. The van der Waals surface area contributed by atoms with Crippen LogP contribution in [0.2, 0.25) is 0 Å². The van der Waals surface area contributed by atoms with Gasteiger partial charge < -0.3 is 9.47 Å². The lowest BCUT2D eigenvalue weighted by atomic mass is 10.0. The molecule has 0 radical (unpaired) electrons. The number of fused-ring (bicyclic) bond motifs is 3. The van der Waals surface area contributed by atoms with E-state index in [9.17, 15) is 0 Å². The van der Waals surface area contributed by atoms with Crippen LogP contribution in [0.5, 0.6) is 0 Å². The van der Waals surface area contributed by atoms with Gasteiger partial charge in [0.25, 0.3) is 0 Å². The number of nitrogens with zero attached hydrogens (tertiary/aromatic N) is 2. The van der Waals surface area contributed by atoms with E-state index in [1.807, 2.05) is 0 Å². The maximum absolute atomic E-state index is 2.63. The minimum atomic E-state index is 0.453. The van der Waals surface area contributed by atoms with Crippen molar-refractivity contribution in [1.29, 1.82) is 0 Å². The summed E-state index contributed by atoms with van der Waals surface area (Å²) in [5.41, 5.74) is 5.11. The quantitative estimate of drug-likeness (QED) is 0.349. The largest absolute Gasteiger partial charge is 0.366 e. The summed E-state index contributed by atoms with van der Waals surface area (Å²) < 4.78 is 2.40. The van der Waals surface area contributed by atoms with E-state index in [4.69, 9.17) is 0 Å². The first-order chi connectivity index (χ1) is 13.7. The minimum absolute atomic E-state index is 0.453. The summed E-state index contributed by atoms with van der Waals surface area (Å²) in [7, 11) is 0.